The van der Waals surface area contributed by atoms with Gasteiger partial charge < -0.3 is 39.5 Å². The van der Waals surface area contributed by atoms with Crippen molar-refractivity contribution in [3.05, 3.63) is 66.5 Å². The van der Waals surface area contributed by atoms with E-state index in [9.17, 15) is 53.8 Å². The lowest BCUT2D eigenvalue weighted by molar-refractivity contribution is -0.569. The summed E-state index contributed by atoms with van der Waals surface area (Å²) in [4.78, 5) is 80.6. The van der Waals surface area contributed by atoms with E-state index >= 15 is 0 Å². The number of hydrogen-bond donors (Lipinski definition) is 5. The summed E-state index contributed by atoms with van der Waals surface area (Å²) >= 11 is 0. The molecule has 2 aromatic heterocycles. The Morgan fingerprint density at radius 1 is 0.978 bits per heavy atom. The Labute approximate surface area is 251 Å². The largest absolute Gasteiger partial charge is 0.490 e. The molecule has 1 aliphatic carbocycles. The normalized spacial score (nSPS) is 30.3. The zero-order valence-corrected chi connectivity index (χ0v) is 24.5. The van der Waals surface area contributed by atoms with Gasteiger partial charge in [-0.25, -0.2) is 28.6 Å². The second kappa shape index (κ2) is 11.5. The fourth-order valence-electron chi connectivity index (χ4n) is 4.76. The van der Waals surface area contributed by atoms with Crippen molar-refractivity contribution in [2.24, 2.45) is 0 Å². The molecule has 0 amide bonds. The molecule has 30 heteroatoms. The van der Waals surface area contributed by atoms with Gasteiger partial charge in [-0.1, -0.05) is 0 Å². The Hall–Kier alpha value is -3.68. The minimum Gasteiger partial charge on any atom is -0.382 e. The first-order valence-corrected chi connectivity index (χ1v) is 16.3. The quantitative estimate of drug-likeness (QED) is 0.107. The van der Waals surface area contributed by atoms with Crippen molar-refractivity contribution in [1.29, 1.82) is 0 Å². The number of allylic oxidation sites excluding steroid dienone is 1. The molecule has 1 spiro atoms. The van der Waals surface area contributed by atoms with Crippen molar-refractivity contribution in [3.63, 3.8) is 0 Å². The van der Waals surface area contributed by atoms with Gasteiger partial charge in [-0.3, -0.25) is 39.4 Å². The lowest BCUT2D eigenvalue weighted by Crippen LogP contribution is -2.53. The van der Waals surface area contributed by atoms with Crippen LogP contribution in [-0.4, -0.2) is 90.6 Å². The molecule has 0 saturated carbocycles. The number of phosphoric ester groups is 1. The molecule has 0 radical (unpaired) electrons. The highest BCUT2D eigenvalue weighted by Gasteiger charge is 2.72. The first kappa shape index (κ1) is 33.7. The number of ether oxygens (including phenoxy) is 3. The third kappa shape index (κ3) is 6.32. The number of imidazole rings is 1. The number of hydrogen-bond acceptors (Lipinski definition) is 19. The van der Waals surface area contributed by atoms with Crippen LogP contribution in [0.1, 0.15) is 6.23 Å². The maximum absolute atomic E-state index is 12.4. The smallest absolute Gasteiger partial charge is 0.382 e. The monoisotopic (exact) mass is 718 g/mol. The second-order valence-electron chi connectivity index (χ2n) is 9.23. The van der Waals surface area contributed by atoms with Gasteiger partial charge in [0.25, 0.3) is 5.70 Å². The minimum absolute atomic E-state index is 0.0123. The van der Waals surface area contributed by atoms with Gasteiger partial charge in [0.15, 0.2) is 17.7 Å². The molecule has 250 valence electrons. The number of aromatic nitrogens is 4. The Morgan fingerprint density at radius 3 is 2.26 bits per heavy atom. The van der Waals surface area contributed by atoms with Crippen LogP contribution in [0.2, 0.25) is 0 Å². The Bertz CT molecular complexity index is 1840. The van der Waals surface area contributed by atoms with Gasteiger partial charge in [0.1, 0.15) is 30.2 Å². The fourth-order valence-corrected chi connectivity index (χ4v) is 7.79. The SMILES string of the molecule is Nc1ncnc2c1ncn2[C@@H]1O[C@H](COP(=O)(O)OP(=O)(O)OP(=O)(O)O)[C@H]2O[C@]3(O[C@H]21)C([N+](=O)[O-])=CC([N+](=O)[O-])=CC3[N+](=O)[O-]. The van der Waals surface area contributed by atoms with Crippen molar-refractivity contribution in [2.45, 2.75) is 36.4 Å². The molecule has 46 heavy (non-hydrogen) atoms. The summed E-state index contributed by atoms with van der Waals surface area (Å²) in [5.41, 5.74) is 3.47. The molecule has 2 aliphatic heterocycles. The number of phosphoric acid groups is 3. The Morgan fingerprint density at radius 2 is 1.65 bits per heavy atom. The highest BCUT2D eigenvalue weighted by Crippen LogP contribution is 2.66. The van der Waals surface area contributed by atoms with Crippen molar-refractivity contribution >= 4 is 40.4 Å². The number of anilines is 1. The molecule has 2 fully saturated rings. The molecule has 3 aliphatic rings. The van der Waals surface area contributed by atoms with Crippen LogP contribution in [0.15, 0.2) is 36.2 Å². The maximum atomic E-state index is 12.4. The van der Waals surface area contributed by atoms with E-state index in [1.54, 1.807) is 0 Å². The highest BCUT2D eigenvalue weighted by molar-refractivity contribution is 7.66. The van der Waals surface area contributed by atoms with Gasteiger partial charge >= 0.3 is 41.0 Å². The molecule has 5 rings (SSSR count). The van der Waals surface area contributed by atoms with E-state index in [2.05, 4.69) is 28.1 Å². The van der Waals surface area contributed by atoms with Gasteiger partial charge in [-0.2, -0.15) is 8.62 Å². The molecule has 2 saturated heterocycles. The van der Waals surface area contributed by atoms with E-state index in [1.165, 1.54) is 0 Å². The minimum atomic E-state index is -5.94. The van der Waals surface area contributed by atoms with Crippen LogP contribution in [-0.2, 0) is 41.1 Å². The lowest BCUT2D eigenvalue weighted by Gasteiger charge is -2.30. The van der Waals surface area contributed by atoms with Crippen LogP contribution in [0.3, 0.4) is 0 Å². The third-order valence-electron chi connectivity index (χ3n) is 6.38. The summed E-state index contributed by atoms with van der Waals surface area (Å²) < 4.78 is 65.4. The number of rotatable bonds is 11. The molecule has 27 nitrogen and oxygen atoms in total. The summed E-state index contributed by atoms with van der Waals surface area (Å²) in [5.74, 6) is -3.08. The number of nitrogens with zero attached hydrogens (tertiary/aromatic N) is 7. The Balaban J connectivity index is 1.53. The maximum Gasteiger partial charge on any atom is 0.490 e. The standard InChI is InChI=1S/C16H17N8O19P3/c17-13-10-14(19-4-18-13)21(5-20-10)15-12-11(7(39-15)3-38-45(34,35)43-46(36,37)42-44(31,32)33)40-16(41-12)8(23(27)28)1-6(22(25)26)2-9(16)24(29)30/h1-2,4-5,7-8,11-12,15H,3H2,(H,34,35)(H,36,37)(H2,17,18,19)(H2,31,32,33)/t7-,8?,11-,12-,15-,16-/m1/s1. The first-order valence-electron chi connectivity index (χ1n) is 11.8. The van der Waals surface area contributed by atoms with Crippen molar-refractivity contribution in [2.75, 3.05) is 12.3 Å². The predicted octanol–water partition coefficient (Wildman–Crippen LogP) is -0.890. The molecule has 3 unspecified atom stereocenters. The zero-order valence-electron chi connectivity index (χ0n) is 21.9. The van der Waals surface area contributed by atoms with E-state index in [1.807, 2.05) is 0 Å². The second-order valence-corrected chi connectivity index (χ2v) is 13.7. The van der Waals surface area contributed by atoms with Crippen LogP contribution in [0.4, 0.5) is 5.82 Å². The van der Waals surface area contributed by atoms with Crippen molar-refractivity contribution in [3.8, 4) is 0 Å². The van der Waals surface area contributed by atoms with E-state index in [0.717, 1.165) is 17.2 Å². The van der Waals surface area contributed by atoms with Gasteiger partial charge in [-0.05, 0) is 0 Å². The Kier molecular flexibility index (Phi) is 8.44. The van der Waals surface area contributed by atoms with Gasteiger partial charge in [-0.15, -0.1) is 0 Å². The number of nitrogen functional groups attached to an aromatic ring is 1. The fraction of sp³-hybridized carbons (Fsp3) is 0.438. The van der Waals surface area contributed by atoms with Gasteiger partial charge in [0.05, 0.1) is 34.9 Å². The third-order valence-corrected chi connectivity index (χ3v) is 10.2. The number of nitro groups is 3. The zero-order chi connectivity index (χ0) is 34.0. The van der Waals surface area contributed by atoms with E-state index < -0.39 is 92.6 Å². The number of fused-ring (bicyclic) bond motifs is 2. The molecule has 0 aromatic carbocycles. The summed E-state index contributed by atoms with van der Waals surface area (Å²) in [5, 5.41) is 35.6. The van der Waals surface area contributed by atoms with E-state index in [0.29, 0.717) is 12.2 Å². The lowest BCUT2D eigenvalue weighted by atomic mass is 9.96. The summed E-state index contributed by atoms with van der Waals surface area (Å²) in [6.45, 7) is -1.19. The first-order chi connectivity index (χ1) is 21.2. The molecule has 8 atom stereocenters. The molecule has 2 aromatic rings. The summed E-state index contributed by atoms with van der Waals surface area (Å²) in [7, 11) is -17.4. The molecule has 6 N–H and O–H groups in total. The molecule has 0 bridgehead atoms. The van der Waals surface area contributed by atoms with Crippen molar-refractivity contribution in [1.82, 2.24) is 19.5 Å². The molecular formula is C16H17N8O19P3. The highest BCUT2D eigenvalue weighted by atomic mass is 31.3. The number of nitrogens with two attached hydrogens (primary N) is 1. The average Bonchev–Trinajstić information content (AvgIpc) is 3.58. The van der Waals surface area contributed by atoms with E-state index in [4.69, 9.17) is 29.7 Å². The summed E-state index contributed by atoms with van der Waals surface area (Å²) in [6, 6.07) is -2.42. The van der Waals surface area contributed by atoms with Gasteiger partial charge in [0.2, 0.25) is 0 Å². The topological polar surface area (TPSA) is 387 Å². The molecular weight excluding hydrogens is 701 g/mol. The molecule has 4 heterocycles. The summed E-state index contributed by atoms with van der Waals surface area (Å²) in [6.07, 6.45) is -3.73. The van der Waals surface area contributed by atoms with Crippen LogP contribution >= 0.6 is 23.5 Å². The van der Waals surface area contributed by atoms with Crippen LogP contribution in [0, 0.1) is 30.3 Å². The predicted molar refractivity (Wildman–Crippen MR) is 137 cm³/mol. The van der Waals surface area contributed by atoms with Crippen molar-refractivity contribution < 1.29 is 75.4 Å². The van der Waals surface area contributed by atoms with Crippen LogP contribution in [0.5, 0.6) is 0 Å². The van der Waals surface area contributed by atoms with Crippen LogP contribution < -0.4 is 5.73 Å². The van der Waals surface area contributed by atoms with Crippen LogP contribution in [0.25, 0.3) is 11.2 Å². The average molecular weight is 718 g/mol. The van der Waals surface area contributed by atoms with Gasteiger partial charge in [0, 0.05) is 4.92 Å². The van der Waals surface area contributed by atoms with E-state index in [-0.39, 0.29) is 17.0 Å².